The number of nitrogens with zero attached hydrogens (tertiary/aromatic N) is 1. The maximum atomic E-state index is 11.5. The first-order valence-corrected chi connectivity index (χ1v) is 7.46. The van der Waals surface area contributed by atoms with Crippen molar-refractivity contribution in [2.75, 3.05) is 18.6 Å². The molecule has 19 heavy (non-hydrogen) atoms. The van der Waals surface area contributed by atoms with E-state index >= 15 is 0 Å². The average Bonchev–Trinajstić information content (AvgIpc) is 2.36. The van der Waals surface area contributed by atoms with Crippen LogP contribution in [-0.2, 0) is 15.6 Å². The molecule has 1 amide bonds. The van der Waals surface area contributed by atoms with E-state index in [-0.39, 0.29) is 18.6 Å². The molecule has 2 atom stereocenters. The first-order chi connectivity index (χ1) is 9.01. The summed E-state index contributed by atoms with van der Waals surface area (Å²) in [6.07, 6.45) is 1.59. The summed E-state index contributed by atoms with van der Waals surface area (Å²) in [5, 5.41) is 11.3. The molecule has 0 saturated carbocycles. The summed E-state index contributed by atoms with van der Waals surface area (Å²) >= 11 is 0. The Balaban J connectivity index is 2.37. The van der Waals surface area contributed by atoms with Crippen LogP contribution in [0.4, 0.5) is 0 Å². The Morgan fingerprint density at radius 2 is 2.11 bits per heavy atom. The molecule has 1 rings (SSSR count). The van der Waals surface area contributed by atoms with Crippen molar-refractivity contribution in [1.82, 2.24) is 5.32 Å². The molecule has 0 radical (unpaired) electrons. The molecule has 0 saturated heterocycles. The summed E-state index contributed by atoms with van der Waals surface area (Å²) < 4.78 is 16.3. The minimum absolute atomic E-state index is 0.105. The summed E-state index contributed by atoms with van der Waals surface area (Å²) in [6.45, 7) is 1.69. The number of hydrogen-bond acceptors (Lipinski definition) is 4. The zero-order valence-corrected chi connectivity index (χ0v) is 11.7. The fourth-order valence-corrected chi connectivity index (χ4v) is 2.27. The molecule has 1 aromatic rings. The fourth-order valence-electron chi connectivity index (χ4n) is 1.48. The van der Waals surface area contributed by atoms with Crippen LogP contribution in [-0.4, -0.2) is 34.8 Å². The Hall–Kier alpha value is -1.87. The van der Waals surface area contributed by atoms with Crippen LogP contribution in [0.3, 0.4) is 0 Å². The monoisotopic (exact) mass is 280 g/mol. The number of rotatable bonds is 6. The number of amides is 1. The van der Waals surface area contributed by atoms with Crippen molar-refractivity contribution in [2.45, 2.75) is 13.0 Å². The lowest BCUT2D eigenvalue weighted by Gasteiger charge is -2.12. The Morgan fingerprint density at radius 1 is 1.47 bits per heavy atom. The van der Waals surface area contributed by atoms with E-state index in [4.69, 9.17) is 10.00 Å². The van der Waals surface area contributed by atoms with E-state index in [1.165, 1.54) is 0 Å². The van der Waals surface area contributed by atoms with E-state index in [2.05, 4.69) is 5.32 Å². The smallest absolute Gasteiger partial charge is 0.258 e. The molecular formula is C13H16N2O3S. The van der Waals surface area contributed by atoms with Gasteiger partial charge < -0.3 is 10.1 Å². The molecule has 0 heterocycles. The average molecular weight is 280 g/mol. The molecule has 0 fully saturated rings. The van der Waals surface area contributed by atoms with Crippen LogP contribution in [0.5, 0.6) is 5.75 Å². The van der Waals surface area contributed by atoms with Gasteiger partial charge in [0.15, 0.2) is 6.61 Å². The van der Waals surface area contributed by atoms with Crippen molar-refractivity contribution in [3.63, 3.8) is 0 Å². The summed E-state index contributed by atoms with van der Waals surface area (Å²) in [5.74, 6) is 0.686. The maximum absolute atomic E-state index is 11.5. The van der Waals surface area contributed by atoms with Gasteiger partial charge in [-0.15, -0.1) is 0 Å². The lowest BCUT2D eigenvalue weighted by atomic mass is 10.2. The number of carbonyl (C=O) groups excluding carboxylic acids is 1. The number of carbonyl (C=O) groups is 1. The Bertz CT molecular complexity index is 494. The topological polar surface area (TPSA) is 79.2 Å². The molecule has 1 aromatic carbocycles. The fraction of sp³-hybridized carbons (Fsp3) is 0.385. The number of hydrogen-bond donors (Lipinski definition) is 1. The molecule has 0 bridgehead atoms. The van der Waals surface area contributed by atoms with Gasteiger partial charge >= 0.3 is 0 Å². The highest BCUT2D eigenvalue weighted by atomic mass is 32.2. The molecule has 0 aromatic heterocycles. The Morgan fingerprint density at radius 3 is 2.63 bits per heavy atom. The highest BCUT2D eigenvalue weighted by Crippen LogP contribution is 2.11. The van der Waals surface area contributed by atoms with Crippen molar-refractivity contribution in [1.29, 1.82) is 5.26 Å². The highest BCUT2D eigenvalue weighted by Gasteiger charge is 2.09. The van der Waals surface area contributed by atoms with Crippen LogP contribution in [0.2, 0.25) is 0 Å². The van der Waals surface area contributed by atoms with Gasteiger partial charge in [-0.25, -0.2) is 0 Å². The number of nitrogens with one attached hydrogen (secondary N) is 1. The zero-order chi connectivity index (χ0) is 14.3. The quantitative estimate of drug-likeness (QED) is 0.836. The predicted octanol–water partition coefficient (Wildman–Crippen LogP) is 0.820. The van der Waals surface area contributed by atoms with Crippen molar-refractivity contribution >= 4 is 16.7 Å². The molecule has 1 N–H and O–H groups in total. The van der Waals surface area contributed by atoms with E-state index in [0.717, 1.165) is 0 Å². The van der Waals surface area contributed by atoms with E-state index < -0.39 is 10.8 Å². The van der Waals surface area contributed by atoms with Crippen LogP contribution in [0.15, 0.2) is 24.3 Å². The van der Waals surface area contributed by atoms with Crippen LogP contribution >= 0.6 is 0 Å². The van der Waals surface area contributed by atoms with E-state index in [1.807, 2.05) is 6.07 Å². The zero-order valence-electron chi connectivity index (χ0n) is 10.9. The van der Waals surface area contributed by atoms with Gasteiger partial charge in [-0.2, -0.15) is 5.26 Å². The normalized spacial score (nSPS) is 13.1. The standard InChI is InChI=1S/C13H16N2O3S/c1-10(9-19(2)17)15-13(16)8-18-12-5-3-11(7-14)4-6-12/h3-6,10H,8-9H2,1-2H3,(H,15,16). The van der Waals surface area contributed by atoms with Crippen molar-refractivity contribution in [3.8, 4) is 11.8 Å². The highest BCUT2D eigenvalue weighted by molar-refractivity contribution is 7.84. The van der Waals surface area contributed by atoms with Gasteiger partial charge in [0, 0.05) is 28.9 Å². The van der Waals surface area contributed by atoms with Crippen LogP contribution < -0.4 is 10.1 Å². The lowest BCUT2D eigenvalue weighted by Crippen LogP contribution is -2.39. The molecule has 0 spiro atoms. The summed E-state index contributed by atoms with van der Waals surface area (Å²) in [4.78, 5) is 11.5. The Kier molecular flexibility index (Phi) is 6.03. The van der Waals surface area contributed by atoms with Crippen molar-refractivity contribution < 1.29 is 13.7 Å². The first-order valence-electron chi connectivity index (χ1n) is 5.73. The van der Waals surface area contributed by atoms with Gasteiger partial charge in [0.05, 0.1) is 11.6 Å². The molecular weight excluding hydrogens is 264 g/mol. The van der Waals surface area contributed by atoms with Gasteiger partial charge in [0.25, 0.3) is 5.91 Å². The van der Waals surface area contributed by atoms with Crippen LogP contribution in [0.1, 0.15) is 12.5 Å². The molecule has 5 nitrogen and oxygen atoms in total. The van der Waals surface area contributed by atoms with Gasteiger partial charge in [-0.05, 0) is 31.2 Å². The largest absolute Gasteiger partial charge is 0.484 e. The SMILES string of the molecule is CC(CS(C)=O)NC(=O)COc1ccc(C#N)cc1. The van der Waals surface area contributed by atoms with Gasteiger partial charge in [0.2, 0.25) is 0 Å². The third kappa shape index (κ3) is 6.02. The van der Waals surface area contributed by atoms with Gasteiger partial charge in [-0.1, -0.05) is 0 Å². The second-order valence-electron chi connectivity index (χ2n) is 4.13. The molecule has 0 aliphatic rings. The third-order valence-electron chi connectivity index (χ3n) is 2.25. The third-order valence-corrected chi connectivity index (χ3v) is 3.21. The molecule has 102 valence electrons. The molecule has 6 heteroatoms. The van der Waals surface area contributed by atoms with E-state index in [0.29, 0.717) is 17.1 Å². The molecule has 0 aliphatic heterocycles. The lowest BCUT2D eigenvalue weighted by molar-refractivity contribution is -0.123. The number of benzene rings is 1. The van der Waals surface area contributed by atoms with E-state index in [9.17, 15) is 9.00 Å². The van der Waals surface area contributed by atoms with Crippen LogP contribution in [0, 0.1) is 11.3 Å². The number of nitriles is 1. The second kappa shape index (κ2) is 7.54. The van der Waals surface area contributed by atoms with E-state index in [1.54, 1.807) is 37.4 Å². The molecule has 2 unspecified atom stereocenters. The summed E-state index contributed by atoms with van der Waals surface area (Å²) in [7, 11) is -0.942. The Labute approximate surface area is 115 Å². The van der Waals surface area contributed by atoms with Gasteiger partial charge in [0.1, 0.15) is 5.75 Å². The molecule has 0 aliphatic carbocycles. The first kappa shape index (κ1) is 15.2. The van der Waals surface area contributed by atoms with Crippen LogP contribution in [0.25, 0.3) is 0 Å². The maximum Gasteiger partial charge on any atom is 0.258 e. The number of ether oxygens (including phenoxy) is 1. The predicted molar refractivity (Wildman–Crippen MR) is 73.2 cm³/mol. The summed E-state index contributed by atoms with van der Waals surface area (Å²) in [6, 6.07) is 8.36. The minimum atomic E-state index is -0.942. The second-order valence-corrected chi connectivity index (χ2v) is 5.61. The summed E-state index contributed by atoms with van der Waals surface area (Å²) in [5.41, 5.74) is 0.538. The minimum Gasteiger partial charge on any atom is -0.484 e. The van der Waals surface area contributed by atoms with Gasteiger partial charge in [-0.3, -0.25) is 9.00 Å². The van der Waals surface area contributed by atoms with Crippen molar-refractivity contribution in [2.24, 2.45) is 0 Å². The van der Waals surface area contributed by atoms with Crippen molar-refractivity contribution in [3.05, 3.63) is 29.8 Å².